The number of hydrogen-bond donors (Lipinski definition) is 1. The van der Waals surface area contributed by atoms with Crippen molar-refractivity contribution >= 4 is 0 Å². The molecule has 0 bridgehead atoms. The zero-order valence-electron chi connectivity index (χ0n) is 10.3. The van der Waals surface area contributed by atoms with Gasteiger partial charge in [0, 0.05) is 25.7 Å². The maximum absolute atomic E-state index is 3.45. The van der Waals surface area contributed by atoms with Crippen LogP contribution in [0.3, 0.4) is 0 Å². The maximum Gasteiger partial charge on any atom is 0.0236 e. The number of hydrogen-bond acceptors (Lipinski definition) is 2. The SMILES string of the molecule is CC(C)(C)C1=CCN(C2CCNC2)CC1. The fraction of sp³-hybridized carbons (Fsp3) is 0.846. The average Bonchev–Trinajstić information content (AvgIpc) is 2.69. The van der Waals surface area contributed by atoms with E-state index in [0.29, 0.717) is 5.41 Å². The van der Waals surface area contributed by atoms with Gasteiger partial charge in [-0.05, 0) is 24.8 Å². The van der Waals surface area contributed by atoms with Crippen molar-refractivity contribution < 1.29 is 0 Å². The molecule has 2 heteroatoms. The Morgan fingerprint density at radius 1 is 1.40 bits per heavy atom. The van der Waals surface area contributed by atoms with E-state index in [-0.39, 0.29) is 0 Å². The fourth-order valence-corrected chi connectivity index (χ4v) is 2.65. The lowest BCUT2D eigenvalue weighted by molar-refractivity contribution is 0.216. The van der Waals surface area contributed by atoms with Crippen LogP contribution in [0.5, 0.6) is 0 Å². The van der Waals surface area contributed by atoms with Crippen molar-refractivity contribution in [2.45, 2.75) is 39.7 Å². The Bertz CT molecular complexity index is 244. The van der Waals surface area contributed by atoms with Crippen molar-refractivity contribution in [3.05, 3.63) is 11.6 Å². The third kappa shape index (κ3) is 2.61. The Labute approximate surface area is 93.7 Å². The molecule has 2 rings (SSSR count). The Morgan fingerprint density at radius 3 is 2.67 bits per heavy atom. The van der Waals surface area contributed by atoms with E-state index in [1.54, 1.807) is 5.57 Å². The minimum Gasteiger partial charge on any atom is -0.315 e. The lowest BCUT2D eigenvalue weighted by atomic mass is 9.83. The molecule has 2 aliphatic rings. The fourth-order valence-electron chi connectivity index (χ4n) is 2.65. The third-order valence-electron chi connectivity index (χ3n) is 3.75. The van der Waals surface area contributed by atoms with Crippen LogP contribution in [0.4, 0.5) is 0 Å². The number of nitrogens with zero attached hydrogens (tertiary/aromatic N) is 1. The van der Waals surface area contributed by atoms with Crippen LogP contribution in [0.2, 0.25) is 0 Å². The molecule has 1 N–H and O–H groups in total. The molecule has 1 unspecified atom stereocenters. The lowest BCUT2D eigenvalue weighted by Crippen LogP contribution is -2.40. The van der Waals surface area contributed by atoms with E-state index >= 15 is 0 Å². The number of rotatable bonds is 1. The molecule has 2 nitrogen and oxygen atoms in total. The molecule has 0 aromatic heterocycles. The van der Waals surface area contributed by atoms with Crippen LogP contribution in [-0.2, 0) is 0 Å². The van der Waals surface area contributed by atoms with Gasteiger partial charge in [0.25, 0.3) is 0 Å². The summed E-state index contributed by atoms with van der Waals surface area (Å²) in [6, 6.07) is 0.794. The predicted molar refractivity (Wildman–Crippen MR) is 65.0 cm³/mol. The molecule has 0 spiro atoms. The molecule has 0 aliphatic carbocycles. The summed E-state index contributed by atoms with van der Waals surface area (Å²) in [4.78, 5) is 2.63. The average molecular weight is 208 g/mol. The highest BCUT2D eigenvalue weighted by molar-refractivity contribution is 5.15. The van der Waals surface area contributed by atoms with Crippen molar-refractivity contribution in [3.63, 3.8) is 0 Å². The van der Waals surface area contributed by atoms with Crippen LogP contribution in [-0.4, -0.2) is 37.1 Å². The first-order valence-electron chi connectivity index (χ1n) is 6.21. The van der Waals surface area contributed by atoms with Crippen LogP contribution >= 0.6 is 0 Å². The van der Waals surface area contributed by atoms with Gasteiger partial charge in [0.05, 0.1) is 0 Å². The summed E-state index contributed by atoms with van der Waals surface area (Å²) in [5.41, 5.74) is 2.02. The Morgan fingerprint density at radius 2 is 2.20 bits per heavy atom. The first kappa shape index (κ1) is 11.2. The molecule has 0 aromatic rings. The molecule has 0 saturated carbocycles. The van der Waals surface area contributed by atoms with Gasteiger partial charge in [-0.15, -0.1) is 0 Å². The third-order valence-corrected chi connectivity index (χ3v) is 3.75. The lowest BCUT2D eigenvalue weighted by Gasteiger charge is -2.35. The normalized spacial score (nSPS) is 29.3. The van der Waals surface area contributed by atoms with Crippen LogP contribution in [0.1, 0.15) is 33.6 Å². The van der Waals surface area contributed by atoms with Gasteiger partial charge in [0.1, 0.15) is 0 Å². The predicted octanol–water partition coefficient (Wildman–Crippen LogP) is 2.03. The van der Waals surface area contributed by atoms with Crippen LogP contribution in [0, 0.1) is 5.41 Å². The highest BCUT2D eigenvalue weighted by Gasteiger charge is 2.26. The topological polar surface area (TPSA) is 15.3 Å². The first-order chi connectivity index (χ1) is 7.07. The monoisotopic (exact) mass is 208 g/mol. The Kier molecular flexibility index (Phi) is 3.17. The van der Waals surface area contributed by atoms with Crippen molar-refractivity contribution in [1.29, 1.82) is 0 Å². The van der Waals surface area contributed by atoms with Gasteiger partial charge in [0.2, 0.25) is 0 Å². The Balaban J connectivity index is 1.93. The second-order valence-electron chi connectivity index (χ2n) is 5.87. The summed E-state index contributed by atoms with van der Waals surface area (Å²) >= 11 is 0. The van der Waals surface area contributed by atoms with Crippen LogP contribution in [0.15, 0.2) is 11.6 Å². The van der Waals surface area contributed by atoms with E-state index in [0.717, 1.165) is 6.04 Å². The molecule has 0 amide bonds. The van der Waals surface area contributed by atoms with E-state index in [1.807, 2.05) is 0 Å². The minimum absolute atomic E-state index is 0.375. The minimum atomic E-state index is 0.375. The molecule has 15 heavy (non-hydrogen) atoms. The van der Waals surface area contributed by atoms with Crippen LogP contribution in [0.25, 0.3) is 0 Å². The van der Waals surface area contributed by atoms with Gasteiger partial charge < -0.3 is 5.32 Å². The molecule has 2 aliphatic heterocycles. The van der Waals surface area contributed by atoms with Gasteiger partial charge in [-0.1, -0.05) is 32.4 Å². The molecular weight excluding hydrogens is 184 g/mol. The molecule has 0 aromatic carbocycles. The quantitative estimate of drug-likeness (QED) is 0.663. The van der Waals surface area contributed by atoms with Gasteiger partial charge in [-0.3, -0.25) is 4.90 Å². The summed E-state index contributed by atoms with van der Waals surface area (Å²) in [5.74, 6) is 0. The van der Waals surface area contributed by atoms with Gasteiger partial charge >= 0.3 is 0 Å². The summed E-state index contributed by atoms with van der Waals surface area (Å²) in [6.07, 6.45) is 5.06. The highest BCUT2D eigenvalue weighted by atomic mass is 15.2. The second-order valence-corrected chi connectivity index (χ2v) is 5.87. The molecular formula is C13H24N2. The van der Waals surface area contributed by atoms with Crippen molar-refractivity contribution in [2.24, 2.45) is 5.41 Å². The second kappa shape index (κ2) is 4.26. The van der Waals surface area contributed by atoms with E-state index in [9.17, 15) is 0 Å². The summed E-state index contributed by atoms with van der Waals surface area (Å²) in [5, 5.41) is 3.45. The van der Waals surface area contributed by atoms with Gasteiger partial charge in [-0.2, -0.15) is 0 Å². The van der Waals surface area contributed by atoms with Gasteiger partial charge in [-0.25, -0.2) is 0 Å². The summed E-state index contributed by atoms with van der Waals surface area (Å²) in [6.45, 7) is 11.8. The Hall–Kier alpha value is -0.340. The standard InChI is InChI=1S/C13H24N2/c1-13(2,3)11-5-8-15(9-6-11)12-4-7-14-10-12/h5,12,14H,4,6-10H2,1-3H3. The van der Waals surface area contributed by atoms with E-state index < -0.39 is 0 Å². The van der Waals surface area contributed by atoms with Crippen molar-refractivity contribution in [3.8, 4) is 0 Å². The molecule has 1 saturated heterocycles. The zero-order chi connectivity index (χ0) is 10.9. The zero-order valence-corrected chi connectivity index (χ0v) is 10.3. The van der Waals surface area contributed by atoms with E-state index in [1.165, 1.54) is 39.0 Å². The largest absolute Gasteiger partial charge is 0.315 e. The van der Waals surface area contributed by atoms with E-state index in [4.69, 9.17) is 0 Å². The summed E-state index contributed by atoms with van der Waals surface area (Å²) < 4.78 is 0. The highest BCUT2D eigenvalue weighted by Crippen LogP contribution is 2.30. The summed E-state index contributed by atoms with van der Waals surface area (Å²) in [7, 11) is 0. The molecule has 86 valence electrons. The molecule has 1 fully saturated rings. The molecule has 0 radical (unpaired) electrons. The molecule has 1 atom stereocenters. The van der Waals surface area contributed by atoms with Crippen molar-refractivity contribution in [1.82, 2.24) is 10.2 Å². The van der Waals surface area contributed by atoms with E-state index in [2.05, 4.69) is 37.1 Å². The van der Waals surface area contributed by atoms with Crippen LogP contribution < -0.4 is 5.32 Å². The maximum atomic E-state index is 3.45. The van der Waals surface area contributed by atoms with Gasteiger partial charge in [0.15, 0.2) is 0 Å². The molecule has 2 heterocycles. The first-order valence-corrected chi connectivity index (χ1v) is 6.21. The number of nitrogens with one attached hydrogen (secondary N) is 1. The smallest absolute Gasteiger partial charge is 0.0236 e. The van der Waals surface area contributed by atoms with Crippen molar-refractivity contribution in [2.75, 3.05) is 26.2 Å².